The SMILES string of the molecule is O.O.O.O=C([O-])CC(O)(CC(=O)[O-])C(=O)[O-].[PbH4+3]. The van der Waals surface area contributed by atoms with Gasteiger partial charge in [-0.2, -0.15) is 0 Å². The molecule has 0 spiro atoms. The fourth-order valence-corrected chi connectivity index (χ4v) is 0.684. The van der Waals surface area contributed by atoms with Crippen LogP contribution in [0, 0.1) is 0 Å². The first-order chi connectivity index (χ1) is 5.78. The third-order valence-electron chi connectivity index (χ3n) is 1.25. The van der Waals surface area contributed by atoms with Crippen LogP contribution < -0.4 is 15.3 Å². The predicted molar refractivity (Wildman–Crippen MR) is 51.4 cm³/mol. The van der Waals surface area contributed by atoms with E-state index < -0.39 is 36.4 Å². The molecule has 0 amide bonds. The van der Waals surface area contributed by atoms with Crippen LogP contribution in [0.5, 0.6) is 0 Å². The third kappa shape index (κ3) is 11.4. The standard InChI is InChI=1S/C6H8O7.3H2O.Pb.4H/c7-3(8)1-6(13,5(11)12)2-4(9)10;;;;;;;;/h13H,1-2H2,(H,7,8)(H,9,10)(H,11,12);3*1H2;;;;;/q;;;;+3;;;;/p-3. The van der Waals surface area contributed by atoms with Gasteiger partial charge in [0, 0.05) is 24.8 Å². The predicted octanol–water partition coefficient (Wildman–Crippen LogP) is -9.18. The van der Waals surface area contributed by atoms with E-state index in [0.29, 0.717) is 0 Å². The fraction of sp³-hybridized carbons (Fsp3) is 0.500. The second-order valence-electron chi connectivity index (χ2n) is 2.42. The van der Waals surface area contributed by atoms with E-state index in [4.69, 9.17) is 5.11 Å². The molecule has 3 radical (unpaired) electrons. The number of hydrogen-bond acceptors (Lipinski definition) is 7. The summed E-state index contributed by atoms with van der Waals surface area (Å²) < 4.78 is 0. The summed E-state index contributed by atoms with van der Waals surface area (Å²) in [5, 5.41) is 38.9. The first-order valence-electron chi connectivity index (χ1n) is 3.11. The van der Waals surface area contributed by atoms with Gasteiger partial charge in [-0.1, -0.05) is 0 Å². The number of hydrogen-bond donors (Lipinski definition) is 1. The topological polar surface area (TPSA) is 235 Å². The van der Waals surface area contributed by atoms with Crippen LogP contribution in [0.15, 0.2) is 0 Å². The van der Waals surface area contributed by atoms with Gasteiger partial charge in [0.15, 0.2) is 0 Å². The van der Waals surface area contributed by atoms with Crippen LogP contribution in [0.3, 0.4) is 0 Å². The molecule has 0 aromatic carbocycles. The summed E-state index contributed by atoms with van der Waals surface area (Å²) in [6.07, 6.45) is -2.72. The zero-order valence-electron chi connectivity index (χ0n) is 7.81. The van der Waals surface area contributed by atoms with Gasteiger partial charge in [0.2, 0.25) is 0 Å². The Morgan fingerprint density at radius 2 is 1.12 bits per heavy atom. The van der Waals surface area contributed by atoms with E-state index >= 15 is 0 Å². The van der Waals surface area contributed by atoms with E-state index in [1.165, 1.54) is 0 Å². The van der Waals surface area contributed by atoms with Crippen LogP contribution in [0.2, 0.25) is 0 Å². The minimum absolute atomic E-state index is 0. The maximum absolute atomic E-state index is 10.1. The zero-order chi connectivity index (χ0) is 10.6. The summed E-state index contributed by atoms with van der Waals surface area (Å²) in [5.41, 5.74) is -2.97. The minimum atomic E-state index is -2.97. The van der Waals surface area contributed by atoms with E-state index in [2.05, 4.69) is 0 Å². The van der Waals surface area contributed by atoms with Crippen LogP contribution >= 0.6 is 0 Å². The van der Waals surface area contributed by atoms with Crippen LogP contribution in [0.25, 0.3) is 0 Å². The number of aliphatic hydroxyl groups is 1. The van der Waals surface area contributed by atoms with Crippen LogP contribution in [-0.2, 0) is 14.4 Å². The molecule has 0 aromatic heterocycles. The molecule has 17 heavy (non-hydrogen) atoms. The molecular weight excluding hydrogens is 439 g/mol. The number of carbonyl (C=O) groups is 3. The van der Waals surface area contributed by atoms with Crippen LogP contribution in [-0.4, -0.2) is 72.3 Å². The number of carbonyl (C=O) groups excluding carboxylic acids is 3. The Hall–Kier alpha value is -0.828. The molecule has 0 rings (SSSR count). The van der Waals surface area contributed by atoms with E-state index in [1.807, 2.05) is 0 Å². The van der Waals surface area contributed by atoms with Crippen molar-refractivity contribution in [3.8, 4) is 0 Å². The summed E-state index contributed by atoms with van der Waals surface area (Å²) in [7, 11) is 0. The van der Waals surface area contributed by atoms with Crippen molar-refractivity contribution in [1.82, 2.24) is 0 Å². The van der Waals surface area contributed by atoms with Crippen molar-refractivity contribution in [3.63, 3.8) is 0 Å². The average Bonchev–Trinajstić information content (AvgIpc) is 1.82. The van der Waals surface area contributed by atoms with Gasteiger partial charge in [0.1, 0.15) is 5.60 Å². The first-order valence-corrected chi connectivity index (χ1v) is 3.11. The van der Waals surface area contributed by atoms with Crippen molar-refractivity contribution in [2.75, 3.05) is 0 Å². The van der Waals surface area contributed by atoms with Gasteiger partial charge in [-0.3, -0.25) is 0 Å². The Labute approximate surface area is 115 Å². The molecule has 103 valence electrons. The van der Waals surface area contributed by atoms with E-state index in [9.17, 15) is 29.7 Å². The van der Waals surface area contributed by atoms with Gasteiger partial charge in [0.25, 0.3) is 0 Å². The normalized spacial score (nSPS) is 8.29. The van der Waals surface area contributed by atoms with Gasteiger partial charge in [-0.15, -0.1) is 0 Å². The Kier molecular flexibility index (Phi) is 20.4. The van der Waals surface area contributed by atoms with Crippen LogP contribution in [0.1, 0.15) is 12.8 Å². The molecule has 0 saturated carbocycles. The molecule has 0 aromatic rings. The number of rotatable bonds is 5. The molecule has 7 N–H and O–H groups in total. The number of carboxylic acid groups (broad SMARTS) is 3. The van der Waals surface area contributed by atoms with Gasteiger partial charge < -0.3 is 51.2 Å². The van der Waals surface area contributed by atoms with Crippen molar-refractivity contribution in [1.29, 1.82) is 0 Å². The molecule has 0 aliphatic heterocycles. The Morgan fingerprint density at radius 1 is 0.882 bits per heavy atom. The van der Waals surface area contributed by atoms with E-state index in [-0.39, 0.29) is 43.7 Å². The molecule has 0 saturated heterocycles. The molecule has 0 atom stereocenters. The number of carboxylic acids is 3. The Balaban J connectivity index is -0.000000120. The molecule has 0 unspecified atom stereocenters. The van der Waals surface area contributed by atoms with Crippen molar-refractivity contribution in [2.24, 2.45) is 0 Å². The van der Waals surface area contributed by atoms with Gasteiger partial charge >= 0.3 is 27.3 Å². The van der Waals surface area contributed by atoms with Crippen molar-refractivity contribution in [3.05, 3.63) is 0 Å². The number of aliphatic carboxylic acids is 3. The molecular formula is C6H15O10Pb. The second-order valence-corrected chi connectivity index (χ2v) is 2.42. The summed E-state index contributed by atoms with van der Waals surface area (Å²) >= 11 is 0. The van der Waals surface area contributed by atoms with Crippen molar-refractivity contribution < 1.29 is 51.2 Å². The van der Waals surface area contributed by atoms with Crippen LogP contribution in [0.4, 0.5) is 0 Å². The molecule has 0 bridgehead atoms. The zero-order valence-corrected chi connectivity index (χ0v) is 7.81. The average molecular weight is 454 g/mol. The van der Waals surface area contributed by atoms with E-state index in [0.717, 1.165) is 0 Å². The molecule has 0 aliphatic carbocycles. The van der Waals surface area contributed by atoms with Gasteiger partial charge in [-0.05, 0) is 0 Å². The van der Waals surface area contributed by atoms with Crippen molar-refractivity contribution in [2.45, 2.75) is 18.4 Å². The van der Waals surface area contributed by atoms with Gasteiger partial charge in [-0.25, -0.2) is 0 Å². The summed E-state index contributed by atoms with van der Waals surface area (Å²) in [6.45, 7) is 0. The van der Waals surface area contributed by atoms with Gasteiger partial charge in [0.05, 0.1) is 5.97 Å². The summed E-state index contributed by atoms with van der Waals surface area (Å²) in [6, 6.07) is 0. The summed E-state index contributed by atoms with van der Waals surface area (Å²) in [5.74, 6) is -5.98. The third-order valence-corrected chi connectivity index (χ3v) is 1.25. The van der Waals surface area contributed by atoms with E-state index in [1.54, 1.807) is 0 Å². The molecule has 11 heteroatoms. The second kappa shape index (κ2) is 11.7. The monoisotopic (exact) mass is 455 g/mol. The Bertz CT molecular complexity index is 235. The maximum atomic E-state index is 10.1. The fourth-order valence-electron chi connectivity index (χ4n) is 0.684. The molecule has 0 aliphatic rings. The Morgan fingerprint density at radius 3 is 1.24 bits per heavy atom. The summed E-state index contributed by atoms with van der Waals surface area (Å²) in [4.78, 5) is 30.0. The molecule has 10 nitrogen and oxygen atoms in total. The molecule has 0 fully saturated rings. The first kappa shape index (κ1) is 29.8. The van der Waals surface area contributed by atoms with Crippen molar-refractivity contribution >= 4 is 45.2 Å². The quantitative estimate of drug-likeness (QED) is 0.393. The molecule has 0 heterocycles.